The number of nitrogens with one attached hydrogen (secondary N) is 1. The minimum Gasteiger partial charge on any atom is -0.343 e. The molecule has 23 heavy (non-hydrogen) atoms. The smallest absolute Gasteiger partial charge is 0.219 e. The highest BCUT2D eigenvalue weighted by atomic mass is 16.2. The number of hydrogen-bond donors (Lipinski definition) is 1. The Morgan fingerprint density at radius 3 is 2.35 bits per heavy atom. The third kappa shape index (κ3) is 4.57. The van der Waals surface area contributed by atoms with Crippen LogP contribution in [-0.2, 0) is 10.2 Å². The first kappa shape index (κ1) is 18.0. The molecule has 1 aromatic rings. The number of hydrogen-bond acceptors (Lipinski definition) is 2. The lowest BCUT2D eigenvalue weighted by molar-refractivity contribution is -0.130. The van der Waals surface area contributed by atoms with Crippen LogP contribution in [0, 0.1) is 5.92 Å². The summed E-state index contributed by atoms with van der Waals surface area (Å²) in [5, 5.41) is 3.76. The van der Waals surface area contributed by atoms with Crippen LogP contribution in [0.1, 0.15) is 65.1 Å². The third-order valence-corrected chi connectivity index (χ3v) is 5.09. The molecular formula is C20H32N2O. The minimum absolute atomic E-state index is 0.195. The Bertz CT molecular complexity index is 530. The SMILES string of the molecule is CC(=O)N1CC[C@H](N[C@@H](C)c2ccc(C(C)(C)C)cc2)[C@H](C)C1. The van der Waals surface area contributed by atoms with Gasteiger partial charge in [0.2, 0.25) is 5.91 Å². The van der Waals surface area contributed by atoms with E-state index in [1.165, 1.54) is 11.1 Å². The van der Waals surface area contributed by atoms with Crippen molar-refractivity contribution in [2.45, 2.75) is 65.5 Å². The van der Waals surface area contributed by atoms with E-state index in [2.05, 4.69) is 64.2 Å². The number of carbonyl (C=O) groups is 1. The van der Waals surface area contributed by atoms with E-state index in [4.69, 9.17) is 0 Å². The van der Waals surface area contributed by atoms with Gasteiger partial charge in [-0.1, -0.05) is 52.0 Å². The van der Waals surface area contributed by atoms with Crippen LogP contribution in [0.15, 0.2) is 24.3 Å². The van der Waals surface area contributed by atoms with E-state index in [1.54, 1.807) is 6.92 Å². The van der Waals surface area contributed by atoms with Gasteiger partial charge in [-0.3, -0.25) is 4.79 Å². The lowest BCUT2D eigenvalue weighted by Gasteiger charge is -2.38. The lowest BCUT2D eigenvalue weighted by atomic mass is 9.86. The molecule has 1 heterocycles. The number of benzene rings is 1. The fourth-order valence-electron chi connectivity index (χ4n) is 3.37. The second kappa shape index (κ2) is 7.04. The average molecular weight is 316 g/mol. The highest BCUT2D eigenvalue weighted by Gasteiger charge is 2.28. The summed E-state index contributed by atoms with van der Waals surface area (Å²) in [4.78, 5) is 13.5. The van der Waals surface area contributed by atoms with E-state index >= 15 is 0 Å². The number of nitrogens with zero attached hydrogens (tertiary/aromatic N) is 1. The standard InChI is InChI=1S/C20H32N2O/c1-14-13-22(16(3)23)12-11-19(14)21-15(2)17-7-9-18(10-8-17)20(4,5)6/h7-10,14-15,19,21H,11-13H2,1-6H3/t14-,15+,19+/m1/s1. The van der Waals surface area contributed by atoms with Crippen LogP contribution in [0.25, 0.3) is 0 Å². The zero-order chi connectivity index (χ0) is 17.2. The molecule has 0 spiro atoms. The third-order valence-electron chi connectivity index (χ3n) is 5.09. The summed E-state index contributed by atoms with van der Waals surface area (Å²) in [5.41, 5.74) is 2.90. The van der Waals surface area contributed by atoms with Crippen LogP contribution in [0.4, 0.5) is 0 Å². The molecule has 128 valence electrons. The second-order valence-corrected chi connectivity index (χ2v) is 8.10. The summed E-state index contributed by atoms with van der Waals surface area (Å²) in [6.07, 6.45) is 1.03. The molecule has 1 aliphatic heterocycles. The minimum atomic E-state index is 0.195. The quantitative estimate of drug-likeness (QED) is 0.917. The van der Waals surface area contributed by atoms with Crippen molar-refractivity contribution in [1.29, 1.82) is 0 Å². The Morgan fingerprint density at radius 1 is 1.26 bits per heavy atom. The second-order valence-electron chi connectivity index (χ2n) is 8.10. The van der Waals surface area contributed by atoms with E-state index in [-0.39, 0.29) is 11.3 Å². The summed E-state index contributed by atoms with van der Waals surface area (Å²) < 4.78 is 0. The van der Waals surface area contributed by atoms with Crippen LogP contribution in [-0.4, -0.2) is 29.9 Å². The molecule has 1 N–H and O–H groups in total. The molecule has 1 saturated heterocycles. The number of likely N-dealkylation sites (tertiary alicyclic amines) is 1. The summed E-state index contributed by atoms with van der Waals surface area (Å²) in [6.45, 7) is 14.6. The molecule has 2 rings (SSSR count). The molecule has 0 bridgehead atoms. The molecule has 3 atom stereocenters. The molecule has 3 nitrogen and oxygen atoms in total. The molecule has 1 amide bonds. The summed E-state index contributed by atoms with van der Waals surface area (Å²) in [5.74, 6) is 0.685. The van der Waals surface area contributed by atoms with E-state index in [0.717, 1.165) is 19.5 Å². The first-order chi connectivity index (χ1) is 10.7. The molecule has 0 aliphatic carbocycles. The predicted octanol–water partition coefficient (Wildman–Crippen LogP) is 3.89. The van der Waals surface area contributed by atoms with Crippen LogP contribution < -0.4 is 5.32 Å². The van der Waals surface area contributed by atoms with Gasteiger partial charge in [-0.2, -0.15) is 0 Å². The Balaban J connectivity index is 1.97. The monoisotopic (exact) mass is 316 g/mol. The maximum Gasteiger partial charge on any atom is 0.219 e. The van der Waals surface area contributed by atoms with Crippen LogP contribution in [0.3, 0.4) is 0 Å². The zero-order valence-electron chi connectivity index (χ0n) is 15.5. The molecule has 0 radical (unpaired) electrons. The Morgan fingerprint density at radius 2 is 1.87 bits per heavy atom. The van der Waals surface area contributed by atoms with Crippen molar-refractivity contribution in [1.82, 2.24) is 10.2 Å². The Kier molecular flexibility index (Phi) is 5.51. The van der Waals surface area contributed by atoms with Crippen LogP contribution in [0.5, 0.6) is 0 Å². The van der Waals surface area contributed by atoms with Crippen LogP contribution >= 0.6 is 0 Å². The number of amides is 1. The maximum atomic E-state index is 11.5. The molecule has 3 heteroatoms. The van der Waals surface area contributed by atoms with Gasteiger partial charge in [0.25, 0.3) is 0 Å². The van der Waals surface area contributed by atoms with Gasteiger partial charge in [0.05, 0.1) is 0 Å². The number of carbonyl (C=O) groups excluding carboxylic acids is 1. The van der Waals surface area contributed by atoms with Gasteiger partial charge in [-0.05, 0) is 35.8 Å². The van der Waals surface area contributed by atoms with Crippen molar-refractivity contribution in [2.75, 3.05) is 13.1 Å². The van der Waals surface area contributed by atoms with Gasteiger partial charge in [-0.15, -0.1) is 0 Å². The van der Waals surface area contributed by atoms with Crippen LogP contribution in [0.2, 0.25) is 0 Å². The fourth-order valence-corrected chi connectivity index (χ4v) is 3.37. The summed E-state index contributed by atoms with van der Waals surface area (Å²) in [6, 6.07) is 9.79. The largest absolute Gasteiger partial charge is 0.343 e. The molecule has 1 aromatic carbocycles. The van der Waals surface area contributed by atoms with Gasteiger partial charge < -0.3 is 10.2 Å². The molecule has 0 aromatic heterocycles. The van der Waals surface area contributed by atoms with Crippen molar-refractivity contribution in [2.24, 2.45) is 5.92 Å². The predicted molar refractivity (Wildman–Crippen MR) is 96.5 cm³/mol. The fraction of sp³-hybridized carbons (Fsp3) is 0.650. The van der Waals surface area contributed by atoms with Crippen molar-refractivity contribution < 1.29 is 4.79 Å². The zero-order valence-corrected chi connectivity index (χ0v) is 15.5. The highest BCUT2D eigenvalue weighted by Crippen LogP contribution is 2.25. The van der Waals surface area contributed by atoms with Crippen molar-refractivity contribution >= 4 is 5.91 Å². The highest BCUT2D eigenvalue weighted by molar-refractivity contribution is 5.73. The Labute approximate surface area is 141 Å². The van der Waals surface area contributed by atoms with E-state index in [9.17, 15) is 4.79 Å². The van der Waals surface area contributed by atoms with Gasteiger partial charge in [-0.25, -0.2) is 0 Å². The number of piperidine rings is 1. The van der Waals surface area contributed by atoms with E-state index in [1.807, 2.05) is 4.90 Å². The van der Waals surface area contributed by atoms with Gasteiger partial charge in [0.15, 0.2) is 0 Å². The molecule has 0 saturated carbocycles. The molecular weight excluding hydrogens is 284 g/mol. The molecule has 1 fully saturated rings. The molecule has 0 unspecified atom stereocenters. The maximum absolute atomic E-state index is 11.5. The van der Waals surface area contributed by atoms with Gasteiger partial charge >= 0.3 is 0 Å². The summed E-state index contributed by atoms with van der Waals surface area (Å²) in [7, 11) is 0. The topological polar surface area (TPSA) is 32.3 Å². The molecule has 1 aliphatic rings. The lowest BCUT2D eigenvalue weighted by Crippen LogP contribution is -2.50. The van der Waals surface area contributed by atoms with E-state index in [0.29, 0.717) is 18.0 Å². The normalized spacial score (nSPS) is 23.7. The van der Waals surface area contributed by atoms with Crippen molar-refractivity contribution in [3.05, 3.63) is 35.4 Å². The van der Waals surface area contributed by atoms with Gasteiger partial charge in [0.1, 0.15) is 0 Å². The number of rotatable bonds is 3. The van der Waals surface area contributed by atoms with Crippen molar-refractivity contribution in [3.63, 3.8) is 0 Å². The first-order valence-corrected chi connectivity index (χ1v) is 8.80. The van der Waals surface area contributed by atoms with Gasteiger partial charge in [0, 0.05) is 32.1 Å². The summed E-state index contributed by atoms with van der Waals surface area (Å²) >= 11 is 0. The van der Waals surface area contributed by atoms with Crippen molar-refractivity contribution in [3.8, 4) is 0 Å². The van der Waals surface area contributed by atoms with E-state index < -0.39 is 0 Å². The average Bonchev–Trinajstić information content (AvgIpc) is 2.48. The Hall–Kier alpha value is -1.35. The first-order valence-electron chi connectivity index (χ1n) is 8.80.